The lowest BCUT2D eigenvalue weighted by molar-refractivity contribution is 0.353. The molecule has 0 amide bonds. The molecule has 1 aliphatic rings. The standard InChI is InChI=1S/C12H10N2O/c1-2-6-15-12-10(8-13)7-9-4-3-5-11(9)14-12/h1,7H,3-6H2. The lowest BCUT2D eigenvalue weighted by Crippen LogP contribution is -2.01. The van der Waals surface area contributed by atoms with Crippen LogP contribution in [0.1, 0.15) is 23.2 Å². The fourth-order valence-electron chi connectivity index (χ4n) is 1.75. The summed E-state index contributed by atoms with van der Waals surface area (Å²) in [6.07, 6.45) is 8.17. The van der Waals surface area contributed by atoms with Crippen molar-refractivity contribution < 1.29 is 4.74 Å². The number of aryl methyl sites for hydroxylation is 2. The van der Waals surface area contributed by atoms with Crippen molar-refractivity contribution in [2.75, 3.05) is 6.61 Å². The Kier molecular flexibility index (Phi) is 2.56. The van der Waals surface area contributed by atoms with E-state index in [0.29, 0.717) is 11.4 Å². The van der Waals surface area contributed by atoms with E-state index in [2.05, 4.69) is 17.0 Å². The number of rotatable bonds is 2. The molecule has 0 saturated carbocycles. The van der Waals surface area contributed by atoms with E-state index in [0.717, 1.165) is 25.0 Å². The molecule has 0 fully saturated rings. The van der Waals surface area contributed by atoms with Crippen molar-refractivity contribution in [1.29, 1.82) is 5.26 Å². The van der Waals surface area contributed by atoms with Crippen molar-refractivity contribution in [1.82, 2.24) is 4.98 Å². The minimum Gasteiger partial charge on any atom is -0.464 e. The average Bonchev–Trinajstić information content (AvgIpc) is 2.71. The smallest absolute Gasteiger partial charge is 0.232 e. The van der Waals surface area contributed by atoms with E-state index < -0.39 is 0 Å². The molecular weight excluding hydrogens is 188 g/mol. The number of fused-ring (bicyclic) bond motifs is 1. The van der Waals surface area contributed by atoms with E-state index in [4.69, 9.17) is 16.4 Å². The zero-order valence-electron chi connectivity index (χ0n) is 8.29. The monoisotopic (exact) mass is 198 g/mol. The second-order valence-corrected chi connectivity index (χ2v) is 3.41. The molecule has 1 aromatic rings. The first kappa shape index (κ1) is 9.55. The summed E-state index contributed by atoms with van der Waals surface area (Å²) < 4.78 is 5.23. The van der Waals surface area contributed by atoms with Gasteiger partial charge < -0.3 is 4.74 Å². The van der Waals surface area contributed by atoms with Gasteiger partial charge in [0.15, 0.2) is 6.61 Å². The van der Waals surface area contributed by atoms with Crippen LogP contribution in [-0.4, -0.2) is 11.6 Å². The fraction of sp³-hybridized carbons (Fsp3) is 0.333. The first-order chi connectivity index (χ1) is 7.35. The highest BCUT2D eigenvalue weighted by Gasteiger charge is 2.16. The van der Waals surface area contributed by atoms with Crippen molar-refractivity contribution in [3.8, 4) is 24.3 Å². The SMILES string of the molecule is C#CCOc1nc2c(cc1C#N)CCC2. The van der Waals surface area contributed by atoms with Crippen molar-refractivity contribution >= 4 is 0 Å². The van der Waals surface area contributed by atoms with Crippen LogP contribution in [0.5, 0.6) is 5.88 Å². The molecule has 0 unspecified atom stereocenters. The molecule has 0 atom stereocenters. The third-order valence-electron chi connectivity index (χ3n) is 2.43. The molecule has 0 aliphatic heterocycles. The predicted octanol–water partition coefficient (Wildman–Crippen LogP) is 1.45. The molecule has 74 valence electrons. The lowest BCUT2D eigenvalue weighted by atomic mass is 10.1. The van der Waals surface area contributed by atoms with Crippen LogP contribution >= 0.6 is 0 Å². The number of nitriles is 1. The number of hydrogen-bond acceptors (Lipinski definition) is 3. The lowest BCUT2D eigenvalue weighted by Gasteiger charge is -2.06. The number of aromatic nitrogens is 1. The normalized spacial score (nSPS) is 12.7. The molecule has 3 nitrogen and oxygen atoms in total. The maximum atomic E-state index is 8.93. The Morgan fingerprint density at radius 2 is 2.40 bits per heavy atom. The van der Waals surface area contributed by atoms with Crippen molar-refractivity contribution in [2.45, 2.75) is 19.3 Å². The summed E-state index contributed by atoms with van der Waals surface area (Å²) >= 11 is 0. The van der Waals surface area contributed by atoms with E-state index in [1.807, 2.05) is 6.07 Å². The molecule has 0 N–H and O–H groups in total. The van der Waals surface area contributed by atoms with Crippen LogP contribution in [-0.2, 0) is 12.8 Å². The van der Waals surface area contributed by atoms with Crippen LogP contribution in [0.2, 0.25) is 0 Å². The zero-order valence-corrected chi connectivity index (χ0v) is 8.29. The fourth-order valence-corrected chi connectivity index (χ4v) is 1.75. The number of hydrogen-bond donors (Lipinski definition) is 0. The quantitative estimate of drug-likeness (QED) is 0.676. The number of pyridine rings is 1. The van der Waals surface area contributed by atoms with E-state index in [9.17, 15) is 0 Å². The Hall–Kier alpha value is -2.00. The Morgan fingerprint density at radius 3 is 3.13 bits per heavy atom. The van der Waals surface area contributed by atoms with Gasteiger partial charge in [0.05, 0.1) is 0 Å². The predicted molar refractivity (Wildman–Crippen MR) is 55.3 cm³/mol. The number of ether oxygens (including phenoxy) is 1. The van der Waals surface area contributed by atoms with Gasteiger partial charge in [0, 0.05) is 5.69 Å². The van der Waals surface area contributed by atoms with Gasteiger partial charge in [-0.25, -0.2) is 4.98 Å². The van der Waals surface area contributed by atoms with Crippen molar-refractivity contribution in [3.05, 3.63) is 22.9 Å². The summed E-state index contributed by atoms with van der Waals surface area (Å²) in [4.78, 5) is 4.32. The van der Waals surface area contributed by atoms with Gasteiger partial charge in [-0.05, 0) is 30.9 Å². The van der Waals surface area contributed by atoms with Gasteiger partial charge in [-0.15, -0.1) is 6.42 Å². The highest BCUT2D eigenvalue weighted by Crippen LogP contribution is 2.25. The molecule has 1 aliphatic carbocycles. The summed E-state index contributed by atoms with van der Waals surface area (Å²) in [6.45, 7) is 0.153. The molecule has 1 aromatic heterocycles. The second kappa shape index (κ2) is 4.02. The van der Waals surface area contributed by atoms with Crippen molar-refractivity contribution in [3.63, 3.8) is 0 Å². The van der Waals surface area contributed by atoms with Crippen LogP contribution in [0.3, 0.4) is 0 Å². The summed E-state index contributed by atoms with van der Waals surface area (Å²) in [6, 6.07) is 3.94. The first-order valence-electron chi connectivity index (χ1n) is 4.84. The second-order valence-electron chi connectivity index (χ2n) is 3.41. The molecule has 0 radical (unpaired) electrons. The van der Waals surface area contributed by atoms with Gasteiger partial charge in [-0.1, -0.05) is 5.92 Å². The highest BCUT2D eigenvalue weighted by atomic mass is 16.5. The summed E-state index contributed by atoms with van der Waals surface area (Å²) in [5.74, 6) is 2.73. The number of terminal acetylenes is 1. The minimum atomic E-state index is 0.153. The van der Waals surface area contributed by atoms with E-state index in [1.165, 1.54) is 5.56 Å². The van der Waals surface area contributed by atoms with Gasteiger partial charge in [0.2, 0.25) is 5.88 Å². The maximum absolute atomic E-state index is 8.93. The summed E-state index contributed by atoms with van der Waals surface area (Å²) in [7, 11) is 0. The largest absolute Gasteiger partial charge is 0.464 e. The topological polar surface area (TPSA) is 45.9 Å². The number of nitrogens with zero attached hydrogens (tertiary/aromatic N) is 2. The van der Waals surface area contributed by atoms with E-state index >= 15 is 0 Å². The Morgan fingerprint density at radius 1 is 1.53 bits per heavy atom. The average molecular weight is 198 g/mol. The molecule has 0 aromatic carbocycles. The molecule has 15 heavy (non-hydrogen) atoms. The van der Waals surface area contributed by atoms with Crippen LogP contribution < -0.4 is 4.74 Å². The molecule has 3 heteroatoms. The van der Waals surface area contributed by atoms with Gasteiger partial charge in [-0.3, -0.25) is 0 Å². The Labute approximate surface area is 88.7 Å². The summed E-state index contributed by atoms with van der Waals surface area (Å²) in [5.41, 5.74) is 2.69. The first-order valence-corrected chi connectivity index (χ1v) is 4.84. The van der Waals surface area contributed by atoms with Crippen molar-refractivity contribution in [2.24, 2.45) is 0 Å². The molecule has 0 bridgehead atoms. The van der Waals surface area contributed by atoms with Crippen LogP contribution in [0.25, 0.3) is 0 Å². The molecular formula is C12H10N2O. The zero-order chi connectivity index (χ0) is 10.7. The van der Waals surface area contributed by atoms with Gasteiger partial charge in [0.1, 0.15) is 11.6 Å². The summed E-state index contributed by atoms with van der Waals surface area (Å²) in [5, 5.41) is 8.93. The minimum absolute atomic E-state index is 0.153. The third kappa shape index (κ3) is 1.78. The van der Waals surface area contributed by atoms with Crippen LogP contribution in [0, 0.1) is 23.7 Å². The third-order valence-corrected chi connectivity index (χ3v) is 2.43. The molecule has 0 saturated heterocycles. The highest BCUT2D eigenvalue weighted by molar-refractivity contribution is 5.44. The van der Waals surface area contributed by atoms with E-state index in [1.54, 1.807) is 0 Å². The van der Waals surface area contributed by atoms with Crippen LogP contribution in [0.15, 0.2) is 6.07 Å². The maximum Gasteiger partial charge on any atom is 0.232 e. The van der Waals surface area contributed by atoms with E-state index in [-0.39, 0.29) is 6.61 Å². The molecule has 0 spiro atoms. The molecule has 2 rings (SSSR count). The Balaban J connectivity index is 2.37. The van der Waals surface area contributed by atoms with Gasteiger partial charge in [-0.2, -0.15) is 5.26 Å². The van der Waals surface area contributed by atoms with Gasteiger partial charge >= 0.3 is 0 Å². The molecule has 1 heterocycles. The van der Waals surface area contributed by atoms with Gasteiger partial charge in [0.25, 0.3) is 0 Å². The Bertz CT molecular complexity index is 466. The van der Waals surface area contributed by atoms with Crippen LogP contribution in [0.4, 0.5) is 0 Å².